The third-order valence-corrected chi connectivity index (χ3v) is 5.07. The summed E-state index contributed by atoms with van der Waals surface area (Å²) in [5.74, 6) is -0.180. The van der Waals surface area contributed by atoms with Crippen molar-refractivity contribution >= 4 is 11.8 Å². The quantitative estimate of drug-likeness (QED) is 0.898. The molecule has 1 aromatic carbocycles. The maximum atomic E-state index is 13.0. The molecule has 0 bridgehead atoms. The number of aromatic nitrogens is 1. The van der Waals surface area contributed by atoms with Crippen molar-refractivity contribution in [2.45, 2.75) is 33.1 Å². The van der Waals surface area contributed by atoms with Crippen LogP contribution < -0.4 is 0 Å². The summed E-state index contributed by atoms with van der Waals surface area (Å²) in [7, 11) is 0. The molecule has 1 fully saturated rings. The second-order valence-electron chi connectivity index (χ2n) is 7.20. The zero-order valence-electron chi connectivity index (χ0n) is 15.9. The van der Waals surface area contributed by atoms with Gasteiger partial charge in [0.05, 0.1) is 12.8 Å². The van der Waals surface area contributed by atoms with Crippen molar-refractivity contribution in [2.24, 2.45) is 0 Å². The van der Waals surface area contributed by atoms with Crippen molar-refractivity contribution in [2.75, 3.05) is 26.2 Å². The number of amides is 2. The summed E-state index contributed by atoms with van der Waals surface area (Å²) in [4.78, 5) is 32.1. The predicted octanol–water partition coefficient (Wildman–Crippen LogP) is 2.62. The zero-order valence-corrected chi connectivity index (χ0v) is 15.9. The van der Waals surface area contributed by atoms with Gasteiger partial charge in [-0.15, -0.1) is 0 Å². The molecule has 1 N–H and O–H groups in total. The van der Waals surface area contributed by atoms with Crippen LogP contribution in [0.25, 0.3) is 0 Å². The van der Waals surface area contributed by atoms with E-state index in [4.69, 9.17) is 0 Å². The first-order valence-electron chi connectivity index (χ1n) is 9.37. The van der Waals surface area contributed by atoms with Crippen LogP contribution >= 0.6 is 0 Å². The van der Waals surface area contributed by atoms with Crippen LogP contribution in [-0.4, -0.2) is 52.8 Å². The number of halogens is 1. The molecular weight excluding hydrogens is 345 g/mol. The molecule has 0 spiro atoms. The molecule has 2 heterocycles. The average Bonchev–Trinajstić information content (AvgIpc) is 2.83. The van der Waals surface area contributed by atoms with Gasteiger partial charge in [0.2, 0.25) is 11.8 Å². The van der Waals surface area contributed by atoms with Gasteiger partial charge < -0.3 is 14.8 Å². The normalized spacial score (nSPS) is 14.9. The van der Waals surface area contributed by atoms with Crippen LogP contribution in [0.4, 0.5) is 4.39 Å². The molecule has 144 valence electrons. The molecule has 0 aliphatic carbocycles. The first kappa shape index (κ1) is 19.1. The van der Waals surface area contributed by atoms with Crippen LogP contribution in [0.1, 0.15) is 28.9 Å². The average molecular weight is 371 g/mol. The molecule has 1 aromatic heterocycles. The van der Waals surface area contributed by atoms with Crippen molar-refractivity contribution in [3.05, 3.63) is 58.7 Å². The third-order valence-electron chi connectivity index (χ3n) is 5.07. The Morgan fingerprint density at radius 1 is 0.963 bits per heavy atom. The van der Waals surface area contributed by atoms with Crippen molar-refractivity contribution in [1.82, 2.24) is 14.8 Å². The molecule has 2 aromatic rings. The van der Waals surface area contributed by atoms with E-state index in [0.29, 0.717) is 32.6 Å². The van der Waals surface area contributed by atoms with E-state index in [-0.39, 0.29) is 24.1 Å². The first-order valence-corrected chi connectivity index (χ1v) is 9.37. The van der Waals surface area contributed by atoms with Crippen LogP contribution in [0, 0.1) is 19.7 Å². The fourth-order valence-electron chi connectivity index (χ4n) is 3.54. The van der Waals surface area contributed by atoms with Crippen molar-refractivity contribution in [3.63, 3.8) is 0 Å². The van der Waals surface area contributed by atoms with Crippen molar-refractivity contribution < 1.29 is 14.0 Å². The van der Waals surface area contributed by atoms with Gasteiger partial charge >= 0.3 is 0 Å². The van der Waals surface area contributed by atoms with E-state index in [0.717, 1.165) is 28.9 Å². The summed E-state index contributed by atoms with van der Waals surface area (Å²) in [5, 5.41) is 0. The lowest BCUT2D eigenvalue weighted by molar-refractivity contribution is -0.132. The second-order valence-corrected chi connectivity index (χ2v) is 7.20. The molecule has 0 saturated carbocycles. The number of rotatable bonds is 4. The minimum absolute atomic E-state index is 0.0213. The smallest absolute Gasteiger partial charge is 0.227 e. The van der Waals surface area contributed by atoms with Crippen LogP contribution in [0.15, 0.2) is 30.3 Å². The van der Waals surface area contributed by atoms with Gasteiger partial charge in [0, 0.05) is 37.6 Å². The molecule has 27 heavy (non-hydrogen) atoms. The Morgan fingerprint density at radius 3 is 2.11 bits per heavy atom. The Balaban J connectivity index is 1.54. The Labute approximate surface area is 159 Å². The van der Waals surface area contributed by atoms with Crippen molar-refractivity contribution in [3.8, 4) is 0 Å². The Kier molecular flexibility index (Phi) is 5.94. The van der Waals surface area contributed by atoms with E-state index in [1.54, 1.807) is 12.1 Å². The van der Waals surface area contributed by atoms with Gasteiger partial charge in [-0.05, 0) is 49.6 Å². The molecule has 0 unspecified atom stereocenters. The standard InChI is InChI=1S/C21H26FN3O2/c1-15-12-18(16(2)23-15)14-21(27)25-9-3-8-24(10-11-25)20(26)13-17-4-6-19(22)7-5-17/h4-7,12,23H,3,8-11,13-14H2,1-2H3. The molecule has 5 nitrogen and oxygen atoms in total. The maximum Gasteiger partial charge on any atom is 0.227 e. The molecule has 1 aliphatic rings. The highest BCUT2D eigenvalue weighted by atomic mass is 19.1. The lowest BCUT2D eigenvalue weighted by Gasteiger charge is -2.22. The third kappa shape index (κ3) is 4.96. The summed E-state index contributed by atoms with van der Waals surface area (Å²) >= 11 is 0. The zero-order chi connectivity index (χ0) is 19.4. The fraction of sp³-hybridized carbons (Fsp3) is 0.429. The molecule has 1 aliphatic heterocycles. The number of carbonyl (C=O) groups excluding carboxylic acids is 2. The monoisotopic (exact) mass is 371 g/mol. The van der Waals surface area contributed by atoms with Gasteiger partial charge in [-0.25, -0.2) is 4.39 Å². The summed E-state index contributed by atoms with van der Waals surface area (Å²) in [6.45, 7) is 6.37. The molecule has 0 radical (unpaired) electrons. The van der Waals surface area contributed by atoms with Gasteiger partial charge in [0.15, 0.2) is 0 Å². The van der Waals surface area contributed by atoms with Gasteiger partial charge in [-0.2, -0.15) is 0 Å². The van der Waals surface area contributed by atoms with Crippen LogP contribution in [0.2, 0.25) is 0 Å². The number of hydrogen-bond donors (Lipinski definition) is 1. The van der Waals surface area contributed by atoms with E-state index in [2.05, 4.69) is 4.98 Å². The highest BCUT2D eigenvalue weighted by Gasteiger charge is 2.22. The number of nitrogens with one attached hydrogen (secondary N) is 1. The SMILES string of the molecule is Cc1cc(CC(=O)N2CCCN(C(=O)Cc3ccc(F)cc3)CC2)c(C)[nH]1. The number of H-pyrrole nitrogens is 1. The Bertz CT molecular complexity index is 813. The van der Waals surface area contributed by atoms with Gasteiger partial charge in [-0.1, -0.05) is 12.1 Å². The van der Waals surface area contributed by atoms with E-state index >= 15 is 0 Å². The number of aryl methyl sites for hydroxylation is 2. The largest absolute Gasteiger partial charge is 0.362 e. The van der Waals surface area contributed by atoms with Gasteiger partial charge in [0.1, 0.15) is 5.82 Å². The van der Waals surface area contributed by atoms with Crippen LogP contribution in [0.3, 0.4) is 0 Å². The highest BCUT2D eigenvalue weighted by Crippen LogP contribution is 2.13. The van der Waals surface area contributed by atoms with E-state index in [9.17, 15) is 14.0 Å². The molecule has 2 amide bonds. The Morgan fingerprint density at radius 2 is 1.56 bits per heavy atom. The number of benzene rings is 1. The van der Waals surface area contributed by atoms with Gasteiger partial charge in [-0.3, -0.25) is 9.59 Å². The topological polar surface area (TPSA) is 56.4 Å². The lowest BCUT2D eigenvalue weighted by atomic mass is 10.1. The molecule has 1 saturated heterocycles. The first-order chi connectivity index (χ1) is 12.9. The van der Waals surface area contributed by atoms with E-state index < -0.39 is 0 Å². The number of carbonyl (C=O) groups is 2. The molecule has 0 atom stereocenters. The minimum Gasteiger partial charge on any atom is -0.362 e. The second kappa shape index (κ2) is 8.37. The van der Waals surface area contributed by atoms with Crippen LogP contribution in [-0.2, 0) is 22.4 Å². The van der Waals surface area contributed by atoms with E-state index in [1.807, 2.05) is 29.7 Å². The maximum absolute atomic E-state index is 13.0. The summed E-state index contributed by atoms with van der Waals surface area (Å²) < 4.78 is 13.0. The number of hydrogen-bond acceptors (Lipinski definition) is 2. The predicted molar refractivity (Wildman–Crippen MR) is 102 cm³/mol. The van der Waals surface area contributed by atoms with E-state index in [1.165, 1.54) is 12.1 Å². The molecular formula is C21H26FN3O2. The number of nitrogens with zero attached hydrogens (tertiary/aromatic N) is 2. The molecule has 6 heteroatoms. The van der Waals surface area contributed by atoms with Crippen molar-refractivity contribution in [1.29, 1.82) is 0 Å². The minimum atomic E-state index is -0.303. The summed E-state index contributed by atoms with van der Waals surface area (Å²) in [6, 6.07) is 8.04. The molecule has 3 rings (SSSR count). The highest BCUT2D eigenvalue weighted by molar-refractivity contribution is 5.80. The lowest BCUT2D eigenvalue weighted by Crippen LogP contribution is -2.38. The van der Waals surface area contributed by atoms with Crippen LogP contribution in [0.5, 0.6) is 0 Å². The summed E-state index contributed by atoms with van der Waals surface area (Å²) in [5.41, 5.74) is 3.93. The van der Waals surface area contributed by atoms with Gasteiger partial charge in [0.25, 0.3) is 0 Å². The Hall–Kier alpha value is -2.63. The number of aromatic amines is 1. The fourth-order valence-corrected chi connectivity index (χ4v) is 3.54. The summed E-state index contributed by atoms with van der Waals surface area (Å²) in [6.07, 6.45) is 1.42.